The molecule has 5 nitrogen and oxygen atoms in total. The average Bonchev–Trinajstić information content (AvgIpc) is 2.73. The van der Waals surface area contributed by atoms with E-state index in [0.717, 1.165) is 5.56 Å². The Hall–Kier alpha value is -3.86. The molecule has 0 aliphatic heterocycles. The Morgan fingerprint density at radius 3 is 2.18 bits per heavy atom. The second-order valence-electron chi connectivity index (χ2n) is 6.03. The number of ether oxygens (including phenoxy) is 1. The van der Waals surface area contributed by atoms with Gasteiger partial charge in [-0.3, -0.25) is 4.79 Å². The van der Waals surface area contributed by atoms with Gasteiger partial charge in [0.25, 0.3) is 5.91 Å². The molecule has 0 saturated heterocycles. The number of nitrogens with one attached hydrogen (secondary N) is 1. The van der Waals surface area contributed by atoms with Crippen molar-refractivity contribution in [2.45, 2.75) is 0 Å². The molecule has 0 atom stereocenters. The summed E-state index contributed by atoms with van der Waals surface area (Å²) in [6.45, 7) is 0. The fraction of sp³-hybridized carbons (Fsp3) is 0.0435. The normalized spacial score (nSPS) is 11.0. The molecule has 3 rings (SSSR count). The van der Waals surface area contributed by atoms with Gasteiger partial charge in [-0.25, -0.2) is 4.79 Å². The van der Waals surface area contributed by atoms with E-state index in [2.05, 4.69) is 5.32 Å². The molecule has 140 valence electrons. The smallest absolute Gasteiger partial charge is 0.328 e. The zero-order valence-corrected chi connectivity index (χ0v) is 15.3. The second-order valence-corrected chi connectivity index (χ2v) is 6.03. The molecule has 0 bridgehead atoms. The fourth-order valence-electron chi connectivity index (χ4n) is 2.78. The van der Waals surface area contributed by atoms with Crippen LogP contribution < -0.4 is 10.1 Å². The average molecular weight is 373 g/mol. The number of carbonyl (C=O) groups excluding carboxylic acids is 1. The fourth-order valence-corrected chi connectivity index (χ4v) is 2.78. The van der Waals surface area contributed by atoms with Gasteiger partial charge < -0.3 is 15.2 Å². The molecular formula is C23H19NO4. The molecule has 3 aromatic rings. The number of carboxylic acids is 1. The summed E-state index contributed by atoms with van der Waals surface area (Å²) < 4.78 is 5.10. The maximum absolute atomic E-state index is 12.5. The lowest BCUT2D eigenvalue weighted by Crippen LogP contribution is -2.11. The van der Waals surface area contributed by atoms with E-state index in [0.29, 0.717) is 28.1 Å². The summed E-state index contributed by atoms with van der Waals surface area (Å²) in [5.41, 5.74) is 3.11. The van der Waals surface area contributed by atoms with E-state index in [1.807, 2.05) is 36.4 Å². The van der Waals surface area contributed by atoms with Crippen LogP contribution in [-0.2, 0) is 4.79 Å². The van der Waals surface area contributed by atoms with Gasteiger partial charge in [-0.2, -0.15) is 0 Å². The van der Waals surface area contributed by atoms with Crippen LogP contribution in [0.15, 0.2) is 84.9 Å². The third-order valence-corrected chi connectivity index (χ3v) is 4.14. The predicted octanol–water partition coefficient (Wildman–Crippen LogP) is 4.46. The first-order valence-corrected chi connectivity index (χ1v) is 8.62. The number of benzene rings is 3. The van der Waals surface area contributed by atoms with Crippen molar-refractivity contribution < 1.29 is 19.4 Å². The van der Waals surface area contributed by atoms with Crippen molar-refractivity contribution in [2.24, 2.45) is 0 Å². The third-order valence-electron chi connectivity index (χ3n) is 4.14. The van der Waals surface area contributed by atoms with Crippen LogP contribution in [0.1, 0.15) is 21.5 Å². The zero-order valence-electron chi connectivity index (χ0n) is 15.3. The van der Waals surface area contributed by atoms with E-state index in [1.165, 1.54) is 6.08 Å². The summed E-state index contributed by atoms with van der Waals surface area (Å²) in [6, 6.07) is 23.1. The van der Waals surface area contributed by atoms with Crippen molar-refractivity contribution in [3.05, 3.63) is 102 Å². The summed E-state index contributed by atoms with van der Waals surface area (Å²) >= 11 is 0. The Morgan fingerprint density at radius 1 is 0.857 bits per heavy atom. The van der Waals surface area contributed by atoms with Crippen molar-refractivity contribution in [3.63, 3.8) is 0 Å². The molecule has 3 aromatic carbocycles. The number of aliphatic carboxylic acids is 1. The molecule has 28 heavy (non-hydrogen) atoms. The minimum absolute atomic E-state index is 0.261. The molecule has 1 amide bonds. The number of carbonyl (C=O) groups is 2. The van der Waals surface area contributed by atoms with Crippen LogP contribution in [0, 0.1) is 0 Å². The van der Waals surface area contributed by atoms with E-state index in [4.69, 9.17) is 4.74 Å². The van der Waals surface area contributed by atoms with Crippen molar-refractivity contribution in [1.29, 1.82) is 0 Å². The molecule has 0 radical (unpaired) electrons. The maximum Gasteiger partial charge on any atom is 0.328 e. The van der Waals surface area contributed by atoms with Gasteiger partial charge in [0.05, 0.1) is 7.11 Å². The summed E-state index contributed by atoms with van der Waals surface area (Å²) in [6.07, 6.45) is 1.17. The lowest BCUT2D eigenvalue weighted by atomic mass is 9.97. The Labute approximate surface area is 162 Å². The van der Waals surface area contributed by atoms with Gasteiger partial charge in [-0.1, -0.05) is 42.5 Å². The molecule has 0 aliphatic rings. The molecule has 0 aromatic heterocycles. The SMILES string of the molecule is COc1ccc(C(=O)Nc2cccc(/C(=C\C(=O)O)c3ccccc3)c2)cc1. The van der Waals surface area contributed by atoms with Crippen LogP contribution in [0.25, 0.3) is 5.57 Å². The lowest BCUT2D eigenvalue weighted by molar-refractivity contribution is -0.131. The Kier molecular flexibility index (Phi) is 5.87. The number of methoxy groups -OCH3 is 1. The van der Waals surface area contributed by atoms with Crippen LogP contribution in [0.3, 0.4) is 0 Å². The topological polar surface area (TPSA) is 75.6 Å². The monoisotopic (exact) mass is 373 g/mol. The number of rotatable bonds is 6. The molecule has 0 saturated carbocycles. The summed E-state index contributed by atoms with van der Waals surface area (Å²) in [4.78, 5) is 23.8. The predicted molar refractivity (Wildman–Crippen MR) is 109 cm³/mol. The number of hydrogen-bond donors (Lipinski definition) is 2. The third kappa shape index (κ3) is 4.65. The highest BCUT2D eigenvalue weighted by Crippen LogP contribution is 2.26. The Morgan fingerprint density at radius 2 is 1.54 bits per heavy atom. The number of anilines is 1. The van der Waals surface area contributed by atoms with Gasteiger partial charge in [0, 0.05) is 17.3 Å². The molecule has 0 fully saturated rings. The van der Waals surface area contributed by atoms with E-state index >= 15 is 0 Å². The van der Waals surface area contributed by atoms with Crippen LogP contribution in [0.4, 0.5) is 5.69 Å². The first kappa shape index (κ1) is 18.9. The highest BCUT2D eigenvalue weighted by molar-refractivity contribution is 6.04. The largest absolute Gasteiger partial charge is 0.497 e. The molecule has 0 spiro atoms. The highest BCUT2D eigenvalue weighted by Gasteiger charge is 2.10. The van der Waals surface area contributed by atoms with Gasteiger partial charge >= 0.3 is 5.97 Å². The summed E-state index contributed by atoms with van der Waals surface area (Å²) in [5.74, 6) is -0.625. The molecular weight excluding hydrogens is 354 g/mol. The van der Waals surface area contributed by atoms with Gasteiger partial charge in [0.1, 0.15) is 5.75 Å². The Bertz CT molecular complexity index is 1010. The zero-order chi connectivity index (χ0) is 19.9. The lowest BCUT2D eigenvalue weighted by Gasteiger charge is -2.11. The number of carboxylic acid groups (broad SMARTS) is 1. The van der Waals surface area contributed by atoms with Crippen LogP contribution in [0.2, 0.25) is 0 Å². The molecule has 5 heteroatoms. The van der Waals surface area contributed by atoms with Gasteiger partial charge in [0.2, 0.25) is 0 Å². The summed E-state index contributed by atoms with van der Waals surface area (Å²) in [7, 11) is 1.57. The van der Waals surface area contributed by atoms with E-state index in [-0.39, 0.29) is 5.91 Å². The first-order valence-electron chi connectivity index (χ1n) is 8.62. The van der Waals surface area contributed by atoms with E-state index in [1.54, 1.807) is 49.6 Å². The standard InChI is InChI=1S/C23H19NO4/c1-28-20-12-10-17(11-13-20)23(27)24-19-9-5-8-18(14-19)21(15-22(25)26)16-6-3-2-4-7-16/h2-15H,1H3,(H,24,27)(H,25,26)/b21-15-. The summed E-state index contributed by atoms with van der Waals surface area (Å²) in [5, 5.41) is 12.1. The van der Waals surface area contributed by atoms with Crippen molar-refractivity contribution in [1.82, 2.24) is 0 Å². The van der Waals surface area contributed by atoms with Gasteiger partial charge in [-0.15, -0.1) is 0 Å². The number of hydrogen-bond acceptors (Lipinski definition) is 3. The highest BCUT2D eigenvalue weighted by atomic mass is 16.5. The van der Waals surface area contributed by atoms with Gasteiger partial charge in [0.15, 0.2) is 0 Å². The molecule has 2 N–H and O–H groups in total. The van der Waals surface area contributed by atoms with Crippen LogP contribution in [0.5, 0.6) is 5.75 Å². The number of amides is 1. The van der Waals surface area contributed by atoms with Gasteiger partial charge in [-0.05, 0) is 53.1 Å². The minimum Gasteiger partial charge on any atom is -0.497 e. The van der Waals surface area contributed by atoms with E-state index in [9.17, 15) is 14.7 Å². The van der Waals surface area contributed by atoms with Crippen LogP contribution >= 0.6 is 0 Å². The molecule has 0 aliphatic carbocycles. The molecule has 0 heterocycles. The first-order chi connectivity index (χ1) is 13.6. The van der Waals surface area contributed by atoms with E-state index < -0.39 is 5.97 Å². The van der Waals surface area contributed by atoms with Crippen molar-refractivity contribution in [2.75, 3.05) is 12.4 Å². The van der Waals surface area contributed by atoms with Crippen molar-refractivity contribution in [3.8, 4) is 5.75 Å². The Balaban J connectivity index is 1.88. The quantitative estimate of drug-likeness (QED) is 0.626. The second kappa shape index (κ2) is 8.68. The van der Waals surface area contributed by atoms with Crippen LogP contribution in [-0.4, -0.2) is 24.1 Å². The maximum atomic E-state index is 12.5. The molecule has 0 unspecified atom stereocenters. The van der Waals surface area contributed by atoms with Crippen molar-refractivity contribution >= 4 is 23.1 Å². The minimum atomic E-state index is -1.04.